The predicted molar refractivity (Wildman–Crippen MR) is 73.0 cm³/mol. The van der Waals surface area contributed by atoms with Crippen molar-refractivity contribution in [2.75, 3.05) is 18.9 Å². The van der Waals surface area contributed by atoms with Gasteiger partial charge in [-0.1, -0.05) is 20.8 Å². The second-order valence-electron chi connectivity index (χ2n) is 5.39. The number of aliphatic hydroxyl groups excluding tert-OH is 1. The molecule has 1 rings (SSSR count). The van der Waals surface area contributed by atoms with Gasteiger partial charge in [0.1, 0.15) is 0 Å². The van der Waals surface area contributed by atoms with Crippen molar-refractivity contribution < 1.29 is 5.11 Å². The van der Waals surface area contributed by atoms with E-state index in [1.807, 2.05) is 0 Å². The van der Waals surface area contributed by atoms with E-state index in [4.69, 9.17) is 0 Å². The molecule has 96 valence electrons. The molecule has 1 saturated carbocycles. The minimum absolute atomic E-state index is 0.0320. The number of aliphatic hydroxyl groups is 1. The van der Waals surface area contributed by atoms with Gasteiger partial charge in [0.15, 0.2) is 0 Å². The Labute approximate surface area is 105 Å². The summed E-state index contributed by atoms with van der Waals surface area (Å²) in [6.45, 7) is 7.94. The molecule has 3 heteroatoms. The molecule has 2 atom stereocenters. The van der Waals surface area contributed by atoms with Crippen molar-refractivity contribution in [2.24, 2.45) is 5.92 Å². The van der Waals surface area contributed by atoms with Crippen LogP contribution in [-0.2, 0) is 0 Å². The van der Waals surface area contributed by atoms with Crippen LogP contribution < -0.4 is 5.32 Å². The highest BCUT2D eigenvalue weighted by Gasteiger charge is 2.37. The van der Waals surface area contributed by atoms with E-state index >= 15 is 0 Å². The van der Waals surface area contributed by atoms with Gasteiger partial charge in [0.05, 0.1) is 6.61 Å². The minimum atomic E-state index is 0.0320. The van der Waals surface area contributed by atoms with Crippen LogP contribution in [0.2, 0.25) is 0 Å². The van der Waals surface area contributed by atoms with E-state index in [-0.39, 0.29) is 5.54 Å². The van der Waals surface area contributed by atoms with Gasteiger partial charge < -0.3 is 10.4 Å². The molecule has 0 spiro atoms. The Morgan fingerprint density at radius 1 is 1.50 bits per heavy atom. The minimum Gasteiger partial charge on any atom is -0.394 e. The molecule has 1 aliphatic rings. The maximum Gasteiger partial charge on any atom is 0.0613 e. The Morgan fingerprint density at radius 3 is 2.81 bits per heavy atom. The van der Waals surface area contributed by atoms with Crippen LogP contribution in [0.1, 0.15) is 46.5 Å². The van der Waals surface area contributed by atoms with Crippen molar-refractivity contribution in [3.05, 3.63) is 0 Å². The molecular weight excluding hydrogens is 218 g/mol. The Kier molecular flexibility index (Phi) is 6.16. The van der Waals surface area contributed by atoms with Crippen LogP contribution in [0.4, 0.5) is 0 Å². The molecule has 16 heavy (non-hydrogen) atoms. The molecule has 2 unspecified atom stereocenters. The summed E-state index contributed by atoms with van der Waals surface area (Å²) in [5.74, 6) is 2.08. The lowest BCUT2D eigenvalue weighted by atomic mass is 9.99. The van der Waals surface area contributed by atoms with Crippen LogP contribution in [0.5, 0.6) is 0 Å². The van der Waals surface area contributed by atoms with Crippen LogP contribution in [0.3, 0.4) is 0 Å². The smallest absolute Gasteiger partial charge is 0.0613 e. The highest BCUT2D eigenvalue weighted by molar-refractivity contribution is 7.99. The first-order valence-corrected chi connectivity index (χ1v) is 7.64. The van der Waals surface area contributed by atoms with E-state index in [2.05, 4.69) is 37.8 Å². The lowest BCUT2D eigenvalue weighted by molar-refractivity contribution is 0.167. The Balaban J connectivity index is 2.27. The van der Waals surface area contributed by atoms with Crippen molar-refractivity contribution in [1.29, 1.82) is 0 Å². The fourth-order valence-corrected chi connectivity index (χ4v) is 4.09. The summed E-state index contributed by atoms with van der Waals surface area (Å²) in [5, 5.41) is 13.7. The van der Waals surface area contributed by atoms with Gasteiger partial charge in [-0.25, -0.2) is 0 Å². The van der Waals surface area contributed by atoms with Gasteiger partial charge in [0, 0.05) is 10.8 Å². The van der Waals surface area contributed by atoms with Crippen LogP contribution in [0, 0.1) is 5.92 Å². The lowest BCUT2D eigenvalue weighted by Gasteiger charge is -2.28. The summed E-state index contributed by atoms with van der Waals surface area (Å²) in [5.41, 5.74) is 0.0320. The summed E-state index contributed by atoms with van der Waals surface area (Å²) < 4.78 is 0. The number of hydrogen-bond acceptors (Lipinski definition) is 3. The molecule has 1 aliphatic carbocycles. The average molecular weight is 245 g/mol. The lowest BCUT2D eigenvalue weighted by Crippen LogP contribution is -2.46. The molecule has 0 aromatic carbocycles. The first-order chi connectivity index (χ1) is 7.62. The number of hydrogen-bond donors (Lipinski definition) is 2. The highest BCUT2D eigenvalue weighted by atomic mass is 32.2. The van der Waals surface area contributed by atoms with Gasteiger partial charge in [-0.3, -0.25) is 0 Å². The molecule has 0 saturated heterocycles. The Hall–Kier alpha value is 0.270. The molecule has 0 amide bonds. The molecular formula is C13H27NOS. The molecule has 0 aromatic heterocycles. The Morgan fingerprint density at radius 2 is 2.25 bits per heavy atom. The number of nitrogens with one attached hydrogen (secondary N) is 1. The summed E-state index contributed by atoms with van der Waals surface area (Å²) in [6, 6.07) is 0. The molecule has 1 fully saturated rings. The second-order valence-corrected chi connectivity index (χ2v) is 6.80. The predicted octanol–water partition coefficient (Wildman–Crippen LogP) is 2.66. The van der Waals surface area contributed by atoms with Gasteiger partial charge in [-0.05, 0) is 43.9 Å². The third-order valence-corrected chi connectivity index (χ3v) is 4.81. The standard InChI is InChI=1S/C13H27NOS/c1-4-14-13(10-15)7-5-12(9-13)16-8-6-11(2)3/h11-12,14-15H,4-10H2,1-3H3. The van der Waals surface area contributed by atoms with E-state index in [1.165, 1.54) is 18.6 Å². The number of thioether (sulfide) groups is 1. The number of likely N-dealkylation sites (N-methyl/N-ethyl adjacent to an activating group) is 1. The fraction of sp³-hybridized carbons (Fsp3) is 1.00. The Bertz CT molecular complexity index is 198. The quantitative estimate of drug-likeness (QED) is 0.723. The largest absolute Gasteiger partial charge is 0.394 e. The normalized spacial score (nSPS) is 30.2. The van der Waals surface area contributed by atoms with Crippen LogP contribution in [0.25, 0.3) is 0 Å². The van der Waals surface area contributed by atoms with Gasteiger partial charge in [-0.2, -0.15) is 11.8 Å². The monoisotopic (exact) mass is 245 g/mol. The zero-order valence-corrected chi connectivity index (χ0v) is 11.8. The van der Waals surface area contributed by atoms with E-state index in [9.17, 15) is 5.11 Å². The van der Waals surface area contributed by atoms with Crippen molar-refractivity contribution in [3.63, 3.8) is 0 Å². The maximum absolute atomic E-state index is 9.51. The van der Waals surface area contributed by atoms with E-state index in [1.54, 1.807) is 0 Å². The highest BCUT2D eigenvalue weighted by Crippen LogP contribution is 2.37. The van der Waals surface area contributed by atoms with E-state index in [0.717, 1.165) is 30.6 Å². The average Bonchev–Trinajstić information content (AvgIpc) is 2.63. The molecule has 0 heterocycles. The van der Waals surface area contributed by atoms with Gasteiger partial charge in [-0.15, -0.1) is 0 Å². The SMILES string of the molecule is CCNC1(CO)CCC(SCCC(C)C)C1. The summed E-state index contributed by atoms with van der Waals surface area (Å²) in [4.78, 5) is 0. The zero-order valence-electron chi connectivity index (χ0n) is 11.0. The van der Waals surface area contributed by atoms with Gasteiger partial charge in [0.2, 0.25) is 0 Å². The number of rotatable bonds is 7. The molecule has 0 aromatic rings. The summed E-state index contributed by atoms with van der Waals surface area (Å²) in [6.07, 6.45) is 4.85. The van der Waals surface area contributed by atoms with E-state index < -0.39 is 0 Å². The second kappa shape index (κ2) is 6.87. The van der Waals surface area contributed by atoms with Crippen molar-refractivity contribution in [1.82, 2.24) is 5.32 Å². The molecule has 0 bridgehead atoms. The molecule has 0 aliphatic heterocycles. The van der Waals surface area contributed by atoms with Crippen LogP contribution in [-0.4, -0.2) is 34.8 Å². The molecule has 2 nitrogen and oxygen atoms in total. The van der Waals surface area contributed by atoms with Crippen LogP contribution in [0.15, 0.2) is 0 Å². The topological polar surface area (TPSA) is 32.3 Å². The van der Waals surface area contributed by atoms with E-state index in [0.29, 0.717) is 6.61 Å². The first kappa shape index (κ1) is 14.3. The van der Waals surface area contributed by atoms with Crippen molar-refractivity contribution in [3.8, 4) is 0 Å². The van der Waals surface area contributed by atoms with Gasteiger partial charge >= 0.3 is 0 Å². The third kappa shape index (κ3) is 4.27. The van der Waals surface area contributed by atoms with Crippen LogP contribution >= 0.6 is 11.8 Å². The zero-order chi connectivity index (χ0) is 12.0. The molecule has 2 N–H and O–H groups in total. The van der Waals surface area contributed by atoms with Crippen molar-refractivity contribution >= 4 is 11.8 Å². The maximum atomic E-state index is 9.51. The van der Waals surface area contributed by atoms with Crippen molar-refractivity contribution in [2.45, 2.75) is 57.2 Å². The molecule has 0 radical (unpaired) electrons. The van der Waals surface area contributed by atoms with Gasteiger partial charge in [0.25, 0.3) is 0 Å². The first-order valence-electron chi connectivity index (χ1n) is 6.59. The third-order valence-electron chi connectivity index (χ3n) is 3.47. The fourth-order valence-electron chi connectivity index (χ4n) is 2.42. The summed E-state index contributed by atoms with van der Waals surface area (Å²) >= 11 is 2.10. The summed E-state index contributed by atoms with van der Waals surface area (Å²) in [7, 11) is 0.